The Bertz CT molecular complexity index is 598. The van der Waals surface area contributed by atoms with Crippen molar-refractivity contribution in [1.29, 1.82) is 0 Å². The Balaban J connectivity index is 2.50. The molecule has 0 saturated heterocycles. The Morgan fingerprint density at radius 1 is 1.40 bits per heavy atom. The van der Waals surface area contributed by atoms with Crippen LogP contribution in [-0.2, 0) is 4.74 Å². The van der Waals surface area contributed by atoms with Gasteiger partial charge in [0.2, 0.25) is 6.10 Å². The molecule has 1 aromatic carbocycles. The van der Waals surface area contributed by atoms with Crippen molar-refractivity contribution in [2.45, 2.75) is 11.1 Å². The maximum Gasteiger partial charge on any atom is 0.506 e. The van der Waals surface area contributed by atoms with Crippen molar-refractivity contribution < 1.29 is 19.6 Å². The van der Waals surface area contributed by atoms with Crippen LogP contribution in [-0.4, -0.2) is 27.3 Å². The summed E-state index contributed by atoms with van der Waals surface area (Å²) in [5.74, 6) is 0. The van der Waals surface area contributed by atoms with E-state index >= 15 is 0 Å². The summed E-state index contributed by atoms with van der Waals surface area (Å²) >= 11 is 6.11. The molecule has 20 heavy (non-hydrogen) atoms. The van der Waals surface area contributed by atoms with Crippen molar-refractivity contribution in [2.75, 3.05) is 0 Å². The van der Waals surface area contributed by atoms with E-state index in [0.29, 0.717) is 5.56 Å². The fourth-order valence-corrected chi connectivity index (χ4v) is 2.28. The minimum absolute atomic E-state index is 0.179. The Kier molecular flexibility index (Phi) is 3.76. The monoisotopic (exact) mass is 295 g/mol. The van der Waals surface area contributed by atoms with Crippen LogP contribution in [0.4, 0.5) is 4.79 Å². The van der Waals surface area contributed by atoms with E-state index in [4.69, 9.17) is 16.7 Å². The Morgan fingerprint density at radius 3 is 2.60 bits per heavy atom. The first-order valence-corrected chi connectivity index (χ1v) is 6.01. The third-order valence-corrected chi connectivity index (χ3v) is 3.44. The molecule has 0 radical (unpaired) electrons. The fourth-order valence-electron chi connectivity index (χ4n) is 1.99. The second-order valence-corrected chi connectivity index (χ2v) is 4.64. The van der Waals surface area contributed by atoms with Gasteiger partial charge in [-0.05, 0) is 29.3 Å². The largest absolute Gasteiger partial charge is 0.506 e. The number of nitrogens with zero attached hydrogens (tertiary/aromatic N) is 1. The number of halogens is 1. The maximum atomic E-state index is 11.4. The third-order valence-electron chi connectivity index (χ3n) is 2.88. The van der Waals surface area contributed by atoms with Crippen LogP contribution in [0, 0.1) is 10.1 Å². The van der Waals surface area contributed by atoms with E-state index < -0.39 is 22.2 Å². The number of allylic oxidation sites excluding steroid dienone is 2. The molecule has 1 aromatic rings. The summed E-state index contributed by atoms with van der Waals surface area (Å²) in [6.45, 7) is 0. The van der Waals surface area contributed by atoms with Gasteiger partial charge in [0.1, 0.15) is 0 Å². The summed E-state index contributed by atoms with van der Waals surface area (Å²) in [4.78, 5) is 19.1. The molecule has 0 amide bonds. The number of rotatable bonds is 3. The van der Waals surface area contributed by atoms with Crippen LogP contribution in [0.2, 0.25) is 0 Å². The van der Waals surface area contributed by atoms with Gasteiger partial charge in [-0.2, -0.15) is 0 Å². The molecule has 2 atom stereocenters. The first kappa shape index (κ1) is 14.1. The molecule has 0 spiro atoms. The normalized spacial score (nSPS) is 24.9. The van der Waals surface area contributed by atoms with Gasteiger partial charge in [-0.1, -0.05) is 36.4 Å². The molecular weight excluding hydrogens is 286 g/mol. The van der Waals surface area contributed by atoms with Gasteiger partial charge in [0.05, 0.1) is 10.5 Å². The second kappa shape index (κ2) is 5.34. The number of benzene rings is 1. The van der Waals surface area contributed by atoms with Gasteiger partial charge in [0, 0.05) is 0 Å². The minimum Gasteiger partial charge on any atom is -0.450 e. The summed E-state index contributed by atoms with van der Waals surface area (Å²) in [5.41, 5.74) is 0.709. The summed E-state index contributed by atoms with van der Waals surface area (Å²) in [7, 11) is 0. The Morgan fingerprint density at radius 2 is 2.05 bits per heavy atom. The number of nitro groups is 1. The van der Waals surface area contributed by atoms with Gasteiger partial charge in [0.25, 0.3) is 0 Å². The molecule has 0 heterocycles. The smallest absolute Gasteiger partial charge is 0.450 e. The quantitative estimate of drug-likeness (QED) is 0.304. The van der Waals surface area contributed by atoms with Crippen LogP contribution >= 0.6 is 11.6 Å². The average molecular weight is 296 g/mol. The topological polar surface area (TPSA) is 89.7 Å². The average Bonchev–Trinajstić information content (AvgIpc) is 2.41. The molecule has 104 valence electrons. The highest BCUT2D eigenvalue weighted by Crippen LogP contribution is 2.41. The lowest BCUT2D eigenvalue weighted by Gasteiger charge is -2.29. The molecular formula is C13H10ClNO5. The first-order chi connectivity index (χ1) is 9.46. The van der Waals surface area contributed by atoms with Crippen molar-refractivity contribution in [3.05, 3.63) is 64.2 Å². The predicted molar refractivity (Wildman–Crippen MR) is 72.0 cm³/mol. The number of hydrogen-bond acceptors (Lipinski definition) is 4. The summed E-state index contributed by atoms with van der Waals surface area (Å²) in [5, 5.41) is 20.1. The number of carbonyl (C=O) groups is 1. The van der Waals surface area contributed by atoms with Gasteiger partial charge in [-0.3, -0.25) is 10.1 Å². The van der Waals surface area contributed by atoms with Crippen molar-refractivity contribution in [3.8, 4) is 0 Å². The van der Waals surface area contributed by atoms with Crippen molar-refractivity contribution in [3.63, 3.8) is 0 Å². The Hall–Kier alpha value is -2.34. The molecule has 0 saturated carbocycles. The molecule has 0 aliphatic heterocycles. The van der Waals surface area contributed by atoms with Crippen molar-refractivity contribution in [1.82, 2.24) is 0 Å². The molecule has 2 rings (SSSR count). The fraction of sp³-hybridized carbons (Fsp3) is 0.154. The van der Waals surface area contributed by atoms with Crippen LogP contribution in [0.5, 0.6) is 0 Å². The van der Waals surface area contributed by atoms with E-state index in [1.54, 1.807) is 30.3 Å². The highest BCUT2D eigenvalue weighted by molar-refractivity contribution is 6.29. The van der Waals surface area contributed by atoms with Crippen LogP contribution < -0.4 is 0 Å². The lowest BCUT2D eigenvalue weighted by molar-refractivity contribution is -0.533. The number of hydrogen-bond donors (Lipinski definition) is 1. The van der Waals surface area contributed by atoms with Crippen molar-refractivity contribution in [2.24, 2.45) is 0 Å². The zero-order chi connectivity index (χ0) is 14.8. The number of carboxylic acid groups (broad SMARTS) is 1. The van der Waals surface area contributed by atoms with E-state index in [0.717, 1.165) is 0 Å². The summed E-state index contributed by atoms with van der Waals surface area (Å²) in [6, 6.07) is 8.49. The number of ether oxygens (including phenoxy) is 1. The van der Waals surface area contributed by atoms with E-state index in [9.17, 15) is 14.9 Å². The Labute approximate surface area is 119 Å². The third kappa shape index (κ3) is 2.37. The van der Waals surface area contributed by atoms with Gasteiger partial charge < -0.3 is 9.84 Å². The summed E-state index contributed by atoms with van der Waals surface area (Å²) < 4.78 is 4.54. The highest BCUT2D eigenvalue weighted by Gasteiger charge is 2.55. The molecule has 1 aliphatic rings. The summed E-state index contributed by atoms with van der Waals surface area (Å²) in [6.07, 6.45) is 1.18. The van der Waals surface area contributed by atoms with Gasteiger partial charge in [-0.25, -0.2) is 4.79 Å². The van der Waals surface area contributed by atoms with Gasteiger partial charge in [-0.15, -0.1) is 0 Å². The second-order valence-electron chi connectivity index (χ2n) is 4.07. The van der Waals surface area contributed by atoms with E-state index in [2.05, 4.69) is 4.74 Å². The van der Waals surface area contributed by atoms with E-state index in [-0.39, 0.29) is 5.57 Å². The SMILES string of the molecule is O=C(O)OC1C=CC=C(c2ccccc2)C1(Cl)[N+](=O)[O-]. The molecule has 0 aromatic heterocycles. The van der Waals surface area contributed by atoms with Crippen LogP contribution in [0.3, 0.4) is 0 Å². The molecule has 6 nitrogen and oxygen atoms in total. The lowest BCUT2D eigenvalue weighted by Crippen LogP contribution is -2.47. The number of alkyl halides is 1. The van der Waals surface area contributed by atoms with E-state index in [1.165, 1.54) is 18.2 Å². The molecule has 0 bridgehead atoms. The lowest BCUT2D eigenvalue weighted by atomic mass is 9.90. The molecule has 0 fully saturated rings. The zero-order valence-corrected chi connectivity index (χ0v) is 10.9. The van der Waals surface area contributed by atoms with Gasteiger partial charge >= 0.3 is 11.2 Å². The van der Waals surface area contributed by atoms with Crippen molar-refractivity contribution >= 4 is 23.3 Å². The highest BCUT2D eigenvalue weighted by atomic mass is 35.5. The van der Waals surface area contributed by atoms with Crippen LogP contribution in [0.15, 0.2) is 48.6 Å². The maximum absolute atomic E-state index is 11.4. The first-order valence-electron chi connectivity index (χ1n) is 5.63. The minimum atomic E-state index is -2.19. The predicted octanol–water partition coefficient (Wildman–Crippen LogP) is 2.91. The zero-order valence-electron chi connectivity index (χ0n) is 10.1. The molecule has 2 unspecified atom stereocenters. The standard InChI is InChI=1S/C13H10ClNO5/c14-13(15(18)19)10(9-5-2-1-3-6-9)7-4-8-11(13)20-12(16)17/h1-8,11H,(H,16,17). The van der Waals surface area contributed by atoms with Crippen LogP contribution in [0.25, 0.3) is 5.57 Å². The van der Waals surface area contributed by atoms with Gasteiger partial charge in [0.15, 0.2) is 0 Å². The molecule has 1 N–H and O–H groups in total. The molecule has 7 heteroatoms. The van der Waals surface area contributed by atoms with Crippen LogP contribution in [0.1, 0.15) is 5.56 Å². The van der Waals surface area contributed by atoms with E-state index in [1.807, 2.05) is 0 Å². The molecule has 1 aliphatic carbocycles.